The molecule has 0 aliphatic heterocycles. The monoisotopic (exact) mass is 1140 g/mol. The van der Waals surface area contributed by atoms with E-state index >= 15 is 0 Å². The fraction of sp³-hybridized carbons (Fsp3) is 0.931. The van der Waals surface area contributed by atoms with Crippen LogP contribution < -0.4 is 0 Å². The van der Waals surface area contributed by atoms with Crippen molar-refractivity contribution in [1.29, 1.82) is 0 Å². The van der Waals surface area contributed by atoms with Crippen LogP contribution in [0.15, 0.2) is 0 Å². The maximum absolute atomic E-state index is 12.9. The molecule has 456 valence electrons. The van der Waals surface area contributed by atoms with Crippen LogP contribution >= 0.6 is 15.6 Å². The molecule has 0 saturated heterocycles. The maximum Gasteiger partial charge on any atom is 0.472 e. The van der Waals surface area contributed by atoms with E-state index in [0.717, 1.165) is 115 Å². The molecule has 0 saturated carbocycles. The lowest BCUT2D eigenvalue weighted by molar-refractivity contribution is -0.161. The minimum Gasteiger partial charge on any atom is -0.462 e. The van der Waals surface area contributed by atoms with Crippen molar-refractivity contribution in [3.8, 4) is 0 Å². The molecule has 0 fully saturated rings. The van der Waals surface area contributed by atoms with Gasteiger partial charge in [0.15, 0.2) is 12.2 Å². The maximum atomic E-state index is 12.9. The molecular weight excluding hydrogens is 1030 g/mol. The second-order valence-electron chi connectivity index (χ2n) is 21.5. The van der Waals surface area contributed by atoms with E-state index < -0.39 is 97.5 Å². The van der Waals surface area contributed by atoms with Gasteiger partial charge in [-0.2, -0.15) is 0 Å². The normalized spacial score (nSPS) is 14.4. The summed E-state index contributed by atoms with van der Waals surface area (Å²) in [6, 6.07) is 0. The number of phosphoric ester groups is 2. The number of rotatable bonds is 58. The first kappa shape index (κ1) is 75.1. The minimum absolute atomic E-state index is 0.103. The summed E-state index contributed by atoms with van der Waals surface area (Å²) in [5.41, 5.74) is 0. The zero-order valence-corrected chi connectivity index (χ0v) is 50.9. The van der Waals surface area contributed by atoms with E-state index in [1.54, 1.807) is 0 Å². The number of hydrogen-bond acceptors (Lipinski definition) is 15. The smallest absolute Gasteiger partial charge is 0.462 e. The molecule has 0 bridgehead atoms. The zero-order valence-electron chi connectivity index (χ0n) is 49.1. The first-order chi connectivity index (χ1) is 37.0. The van der Waals surface area contributed by atoms with Crippen LogP contribution in [0.4, 0.5) is 0 Å². The van der Waals surface area contributed by atoms with Gasteiger partial charge >= 0.3 is 39.5 Å². The Morgan fingerprint density at radius 3 is 0.883 bits per heavy atom. The van der Waals surface area contributed by atoms with Gasteiger partial charge in [-0.15, -0.1) is 0 Å². The molecule has 3 N–H and O–H groups in total. The number of unbranched alkanes of at least 4 members (excludes halogenated alkanes) is 30. The topological polar surface area (TPSA) is 237 Å². The molecule has 0 aromatic rings. The van der Waals surface area contributed by atoms with Crippen LogP contribution in [0.25, 0.3) is 0 Å². The molecule has 0 amide bonds. The molecule has 0 heterocycles. The van der Waals surface area contributed by atoms with E-state index in [4.69, 9.17) is 37.0 Å². The van der Waals surface area contributed by atoms with Crippen molar-refractivity contribution in [3.05, 3.63) is 0 Å². The van der Waals surface area contributed by atoms with Crippen molar-refractivity contribution in [1.82, 2.24) is 0 Å². The summed E-state index contributed by atoms with van der Waals surface area (Å²) in [7, 11) is -9.86. The Kier molecular flexibility index (Phi) is 50.8. The van der Waals surface area contributed by atoms with Crippen LogP contribution in [0.2, 0.25) is 0 Å². The lowest BCUT2D eigenvalue weighted by atomic mass is 10.0. The van der Waals surface area contributed by atoms with Crippen molar-refractivity contribution >= 4 is 39.5 Å². The standard InChI is InChI=1S/C58H112O17P2/c1-6-9-12-15-17-18-19-20-21-22-23-29-34-39-44-58(63)75-54(48-69-56(61)42-37-32-28-25-24-27-31-35-40-51(4)5)50-73-77(66,67)71-46-52(59)45-70-76(64,65)72-49-53(47-68-55(60)41-36-30-14-11-8-3)74-57(62)43-38-33-26-16-13-10-7-2/h51-54,59H,6-50H2,1-5H3,(H,64,65)(H,66,67)/t52-,53+,54+/m0/s1. The SMILES string of the molecule is CCCCCCCCCCCCCCCCC(=O)O[C@H](COC(=O)CCCCCCCCCCC(C)C)COP(=O)(O)OC[C@@H](O)COP(=O)(O)OC[C@@H](COC(=O)CCCCCCC)OC(=O)CCCCCCCCC. The molecule has 5 atom stereocenters. The molecule has 0 aromatic carbocycles. The fourth-order valence-electron chi connectivity index (χ4n) is 8.52. The first-order valence-electron chi connectivity index (χ1n) is 30.6. The fourth-order valence-corrected chi connectivity index (χ4v) is 10.1. The number of hydrogen-bond donors (Lipinski definition) is 3. The second-order valence-corrected chi connectivity index (χ2v) is 24.4. The van der Waals surface area contributed by atoms with E-state index in [2.05, 4.69) is 34.6 Å². The van der Waals surface area contributed by atoms with Gasteiger partial charge in [-0.1, -0.05) is 234 Å². The quantitative estimate of drug-likeness (QED) is 0.0222. The number of ether oxygens (including phenoxy) is 4. The van der Waals surface area contributed by atoms with Crippen molar-refractivity contribution in [3.63, 3.8) is 0 Å². The van der Waals surface area contributed by atoms with Gasteiger partial charge in [0, 0.05) is 25.7 Å². The number of phosphoric acid groups is 2. The largest absolute Gasteiger partial charge is 0.472 e. The molecule has 0 aromatic heterocycles. The van der Waals surface area contributed by atoms with Crippen molar-refractivity contribution in [2.75, 3.05) is 39.6 Å². The minimum atomic E-state index is -4.94. The Balaban J connectivity index is 5.16. The number of carbonyl (C=O) groups is 4. The summed E-state index contributed by atoms with van der Waals surface area (Å²) < 4.78 is 67.4. The Morgan fingerprint density at radius 1 is 0.351 bits per heavy atom. The highest BCUT2D eigenvalue weighted by Crippen LogP contribution is 2.45. The van der Waals surface area contributed by atoms with E-state index in [0.29, 0.717) is 25.7 Å². The van der Waals surface area contributed by atoms with Crippen LogP contribution in [0.3, 0.4) is 0 Å². The van der Waals surface area contributed by atoms with Crippen molar-refractivity contribution in [2.45, 2.75) is 303 Å². The van der Waals surface area contributed by atoms with Crippen LogP contribution in [0, 0.1) is 5.92 Å². The van der Waals surface area contributed by atoms with Gasteiger partial charge in [0.2, 0.25) is 0 Å². The molecule has 2 unspecified atom stereocenters. The van der Waals surface area contributed by atoms with Crippen LogP contribution in [0.5, 0.6) is 0 Å². The molecule has 77 heavy (non-hydrogen) atoms. The van der Waals surface area contributed by atoms with Gasteiger partial charge in [0.05, 0.1) is 26.4 Å². The molecule has 19 heteroatoms. The summed E-state index contributed by atoms with van der Waals surface area (Å²) in [6.45, 7) is 6.98. The average molecular weight is 1140 g/mol. The number of aliphatic hydroxyl groups excluding tert-OH is 1. The van der Waals surface area contributed by atoms with Gasteiger partial charge in [-0.25, -0.2) is 9.13 Å². The van der Waals surface area contributed by atoms with Gasteiger partial charge in [-0.3, -0.25) is 37.3 Å². The summed E-state index contributed by atoms with van der Waals surface area (Å²) in [5.74, 6) is -1.43. The lowest BCUT2D eigenvalue weighted by Gasteiger charge is -2.21. The predicted octanol–water partition coefficient (Wildman–Crippen LogP) is 15.5. The van der Waals surface area contributed by atoms with E-state index in [1.807, 2.05) is 0 Å². The number of esters is 4. The molecule has 0 radical (unpaired) electrons. The highest BCUT2D eigenvalue weighted by Gasteiger charge is 2.30. The van der Waals surface area contributed by atoms with Crippen LogP contribution in [-0.2, 0) is 65.4 Å². The van der Waals surface area contributed by atoms with E-state index in [-0.39, 0.29) is 25.7 Å². The molecule has 0 rings (SSSR count). The Labute approximate surface area is 467 Å². The Bertz CT molecular complexity index is 1520. The van der Waals surface area contributed by atoms with Crippen molar-refractivity contribution in [2.24, 2.45) is 5.92 Å². The highest BCUT2D eigenvalue weighted by atomic mass is 31.2. The summed E-state index contributed by atoms with van der Waals surface area (Å²) in [6.07, 6.45) is 34.0. The first-order valence-corrected chi connectivity index (χ1v) is 33.6. The summed E-state index contributed by atoms with van der Waals surface area (Å²) >= 11 is 0. The molecule has 0 aliphatic carbocycles. The van der Waals surface area contributed by atoms with Gasteiger partial charge in [0.25, 0.3) is 0 Å². The van der Waals surface area contributed by atoms with Gasteiger partial charge < -0.3 is 33.8 Å². The number of aliphatic hydroxyl groups is 1. The summed E-state index contributed by atoms with van der Waals surface area (Å²) in [5, 5.41) is 10.5. The predicted molar refractivity (Wildman–Crippen MR) is 303 cm³/mol. The Hall–Kier alpha value is -1.94. The van der Waals surface area contributed by atoms with Crippen LogP contribution in [0.1, 0.15) is 285 Å². The van der Waals surface area contributed by atoms with Crippen molar-refractivity contribution < 1.29 is 80.2 Å². The van der Waals surface area contributed by atoms with Gasteiger partial charge in [0.1, 0.15) is 19.3 Å². The molecular formula is C58H112O17P2. The van der Waals surface area contributed by atoms with E-state index in [1.165, 1.54) is 89.9 Å². The zero-order chi connectivity index (χ0) is 57.1. The third-order valence-electron chi connectivity index (χ3n) is 13.3. The third kappa shape index (κ3) is 53.2. The van der Waals surface area contributed by atoms with Gasteiger partial charge in [-0.05, 0) is 31.6 Å². The number of carbonyl (C=O) groups excluding carboxylic acids is 4. The molecule has 17 nitrogen and oxygen atoms in total. The molecule has 0 spiro atoms. The third-order valence-corrected chi connectivity index (χ3v) is 15.2. The lowest BCUT2D eigenvalue weighted by Crippen LogP contribution is -2.30. The highest BCUT2D eigenvalue weighted by molar-refractivity contribution is 7.47. The molecule has 0 aliphatic rings. The Morgan fingerprint density at radius 2 is 0.597 bits per heavy atom. The summed E-state index contributed by atoms with van der Waals surface area (Å²) in [4.78, 5) is 71.6. The van der Waals surface area contributed by atoms with Crippen LogP contribution in [-0.4, -0.2) is 96.7 Å². The van der Waals surface area contributed by atoms with E-state index in [9.17, 15) is 43.2 Å². The second kappa shape index (κ2) is 52.2. The average Bonchev–Trinajstić information content (AvgIpc) is 3.39.